The van der Waals surface area contributed by atoms with Crippen molar-refractivity contribution in [2.75, 3.05) is 0 Å². The van der Waals surface area contributed by atoms with Crippen molar-refractivity contribution in [1.82, 2.24) is 0 Å². The van der Waals surface area contributed by atoms with E-state index in [9.17, 15) is 17.6 Å². The third-order valence-corrected chi connectivity index (χ3v) is 5.32. The summed E-state index contributed by atoms with van der Waals surface area (Å²) in [4.78, 5) is 0. The Morgan fingerprint density at radius 2 is 1.00 bits per heavy atom. The molecule has 0 nitrogen and oxygen atoms in total. The lowest BCUT2D eigenvalue weighted by molar-refractivity contribution is 0.394. The molecule has 2 atom stereocenters. The van der Waals surface area contributed by atoms with Crippen molar-refractivity contribution in [3.8, 4) is 0 Å². The number of benzene rings is 1. The van der Waals surface area contributed by atoms with Crippen LogP contribution in [0.3, 0.4) is 0 Å². The summed E-state index contributed by atoms with van der Waals surface area (Å²) in [6, 6.07) is 0. The highest BCUT2D eigenvalue weighted by Gasteiger charge is 2.42. The van der Waals surface area contributed by atoms with E-state index in [1.807, 2.05) is 61.4 Å². The molecule has 1 unspecified atom stereocenters. The molecule has 128 valence electrons. The molecule has 1 aromatic rings. The molecule has 6 rings (SSSR count). The Morgan fingerprint density at radius 3 is 1.35 bits per heavy atom. The van der Waals surface area contributed by atoms with Crippen LogP contribution in [-0.4, -0.2) is 0 Å². The predicted octanol–water partition coefficient (Wildman–Crippen LogP) is 5.69. The van der Waals surface area contributed by atoms with E-state index in [0.717, 1.165) is 22.3 Å². The monoisotopic (exact) mass is 352 g/mol. The first-order valence-corrected chi connectivity index (χ1v) is 8.31. The van der Waals surface area contributed by atoms with Crippen molar-refractivity contribution in [2.45, 2.75) is 11.8 Å². The van der Waals surface area contributed by atoms with Crippen LogP contribution in [0.25, 0.3) is 0 Å². The van der Waals surface area contributed by atoms with Gasteiger partial charge in [-0.15, -0.1) is 0 Å². The maximum atomic E-state index is 14.6. The van der Waals surface area contributed by atoms with Gasteiger partial charge >= 0.3 is 0 Å². The Bertz CT molecular complexity index is 948. The average molecular weight is 352 g/mol. The smallest absolute Gasteiger partial charge is 0.197 e. The molecule has 1 aromatic carbocycles. The Morgan fingerprint density at radius 1 is 0.577 bits per heavy atom. The van der Waals surface area contributed by atoms with Crippen molar-refractivity contribution >= 4 is 0 Å². The molecule has 0 saturated heterocycles. The summed E-state index contributed by atoms with van der Waals surface area (Å²) in [6.45, 7) is 0. The Labute approximate surface area is 148 Å². The fraction of sp³-hybridized carbons (Fsp3) is 0.0909. The van der Waals surface area contributed by atoms with E-state index in [-0.39, 0.29) is 11.1 Å². The van der Waals surface area contributed by atoms with E-state index in [1.165, 1.54) is 0 Å². The molecule has 5 aliphatic rings. The second kappa shape index (κ2) is 5.44. The van der Waals surface area contributed by atoms with Crippen LogP contribution in [-0.2, 0) is 0 Å². The number of hydrogen-bond acceptors (Lipinski definition) is 0. The predicted molar refractivity (Wildman–Crippen MR) is 91.0 cm³/mol. The third kappa shape index (κ3) is 1.96. The van der Waals surface area contributed by atoms with Gasteiger partial charge in [-0.05, 0) is 22.3 Å². The van der Waals surface area contributed by atoms with E-state index in [4.69, 9.17) is 0 Å². The molecule has 0 saturated carbocycles. The molecule has 5 aliphatic carbocycles. The minimum absolute atomic E-state index is 0.0968. The van der Waals surface area contributed by atoms with Crippen LogP contribution in [0.4, 0.5) is 17.6 Å². The molecule has 0 fully saturated rings. The molecule has 4 heteroatoms. The molecule has 0 N–H and O–H groups in total. The van der Waals surface area contributed by atoms with Crippen molar-refractivity contribution < 1.29 is 17.6 Å². The number of hydrogen-bond donors (Lipinski definition) is 0. The van der Waals surface area contributed by atoms with Crippen LogP contribution in [0.5, 0.6) is 0 Å². The van der Waals surface area contributed by atoms with Gasteiger partial charge in [-0.1, -0.05) is 48.6 Å². The molecule has 0 amide bonds. The van der Waals surface area contributed by atoms with Crippen LogP contribution in [0.15, 0.2) is 70.9 Å². The van der Waals surface area contributed by atoms with Gasteiger partial charge in [0.15, 0.2) is 23.3 Å². The Balaban J connectivity index is 1.77. The van der Waals surface area contributed by atoms with Gasteiger partial charge in [0, 0.05) is 35.8 Å². The largest absolute Gasteiger partial charge is 0.203 e. The standard InChI is InChI=1S/C22H12F4/c23-19-17-15-10-14(12-7-3-4-8-12)16(9-13(15)11-5-1-2-6-11)18(17)20(24)22(26)21(19)25/h1-10,15-16H/t15-,16?/m0/s1. The molecule has 0 heterocycles. The zero-order valence-corrected chi connectivity index (χ0v) is 13.4. The summed E-state index contributed by atoms with van der Waals surface area (Å²) in [7, 11) is 0. The van der Waals surface area contributed by atoms with E-state index >= 15 is 0 Å². The average Bonchev–Trinajstić information content (AvgIpc) is 3.37. The van der Waals surface area contributed by atoms with Crippen LogP contribution in [0, 0.1) is 36.1 Å². The van der Waals surface area contributed by atoms with Gasteiger partial charge in [-0.3, -0.25) is 0 Å². The number of allylic oxidation sites excluding steroid dienone is 12. The minimum Gasteiger partial charge on any atom is -0.203 e. The first kappa shape index (κ1) is 15.6. The second-order valence-corrected chi connectivity index (χ2v) is 6.63. The normalized spacial score (nSPS) is 25.2. The van der Waals surface area contributed by atoms with Gasteiger partial charge in [0.05, 0.1) is 0 Å². The topological polar surface area (TPSA) is 0 Å². The molecule has 0 spiro atoms. The van der Waals surface area contributed by atoms with E-state index in [2.05, 4.69) is 0 Å². The highest BCUT2D eigenvalue weighted by Crippen LogP contribution is 2.54. The van der Waals surface area contributed by atoms with Gasteiger partial charge < -0.3 is 0 Å². The highest BCUT2D eigenvalue weighted by molar-refractivity contribution is 5.69. The second-order valence-electron chi connectivity index (χ2n) is 6.63. The van der Waals surface area contributed by atoms with Gasteiger partial charge in [0.2, 0.25) is 0 Å². The van der Waals surface area contributed by atoms with Crippen LogP contribution in [0.1, 0.15) is 23.0 Å². The molecule has 2 radical (unpaired) electrons. The first-order chi connectivity index (χ1) is 12.6. The van der Waals surface area contributed by atoms with Gasteiger partial charge in [0.25, 0.3) is 0 Å². The molecule has 2 bridgehead atoms. The molecular weight excluding hydrogens is 340 g/mol. The molecule has 26 heavy (non-hydrogen) atoms. The molecule has 0 aliphatic heterocycles. The van der Waals surface area contributed by atoms with Crippen molar-refractivity contribution in [3.05, 3.63) is 118 Å². The van der Waals surface area contributed by atoms with Gasteiger partial charge in [-0.25, -0.2) is 17.6 Å². The van der Waals surface area contributed by atoms with Crippen molar-refractivity contribution in [1.29, 1.82) is 0 Å². The number of rotatable bonds is 2. The van der Waals surface area contributed by atoms with Crippen molar-refractivity contribution in [2.24, 2.45) is 0 Å². The lowest BCUT2D eigenvalue weighted by Gasteiger charge is -2.38. The summed E-state index contributed by atoms with van der Waals surface area (Å²) in [5.41, 5.74) is 3.11. The maximum absolute atomic E-state index is 14.6. The summed E-state index contributed by atoms with van der Waals surface area (Å²) in [5.74, 6) is -7.43. The Kier molecular flexibility index (Phi) is 3.27. The summed E-state index contributed by atoms with van der Waals surface area (Å²) >= 11 is 0. The fourth-order valence-electron chi connectivity index (χ4n) is 4.18. The quantitative estimate of drug-likeness (QED) is 0.364. The molecule has 0 aromatic heterocycles. The lowest BCUT2D eigenvalue weighted by Crippen LogP contribution is -2.26. The highest BCUT2D eigenvalue weighted by atomic mass is 19.2. The SMILES string of the molecule is Fc1c(F)c(F)c2c(c1F)C1C=C(C3=C[CH]C=C3)[C@@H]2C=C1C1=C[CH]C=C1. The zero-order chi connectivity index (χ0) is 18.0. The summed E-state index contributed by atoms with van der Waals surface area (Å²) in [6.07, 6.45) is 18.6. The maximum Gasteiger partial charge on any atom is 0.197 e. The summed E-state index contributed by atoms with van der Waals surface area (Å²) in [5, 5.41) is 0. The zero-order valence-electron chi connectivity index (χ0n) is 13.4. The van der Waals surface area contributed by atoms with Crippen molar-refractivity contribution in [3.63, 3.8) is 0 Å². The van der Waals surface area contributed by atoms with Crippen LogP contribution < -0.4 is 0 Å². The van der Waals surface area contributed by atoms with E-state index in [1.54, 1.807) is 0 Å². The molecular formula is C22H12F4. The summed E-state index contributed by atoms with van der Waals surface area (Å²) < 4.78 is 57.1. The lowest BCUT2D eigenvalue weighted by atomic mass is 9.65. The fourth-order valence-corrected chi connectivity index (χ4v) is 4.18. The Hall–Kier alpha value is -2.62. The van der Waals surface area contributed by atoms with Gasteiger partial charge in [0.1, 0.15) is 0 Å². The first-order valence-electron chi connectivity index (χ1n) is 8.31. The van der Waals surface area contributed by atoms with Gasteiger partial charge in [-0.2, -0.15) is 0 Å². The van der Waals surface area contributed by atoms with E-state index in [0.29, 0.717) is 0 Å². The van der Waals surface area contributed by atoms with E-state index < -0.39 is 35.1 Å². The minimum atomic E-state index is -1.75. The third-order valence-electron chi connectivity index (χ3n) is 5.32. The number of halogens is 4. The van der Waals surface area contributed by atoms with Crippen LogP contribution >= 0.6 is 0 Å². The van der Waals surface area contributed by atoms with Crippen LogP contribution in [0.2, 0.25) is 0 Å².